The molecule has 0 saturated heterocycles. The molecule has 1 unspecified atom stereocenters. The summed E-state index contributed by atoms with van der Waals surface area (Å²) >= 11 is 1.89. The number of hydrogen-bond donors (Lipinski definition) is 0. The van der Waals surface area contributed by atoms with Crippen LogP contribution in [0.3, 0.4) is 0 Å². The van der Waals surface area contributed by atoms with Crippen LogP contribution >= 0.6 is 11.3 Å². The fraction of sp³-hybridized carbons (Fsp3) is 0.0612. The fourth-order valence-corrected chi connectivity index (χ4v) is 10.5. The molecular formula is C49H33NS. The van der Waals surface area contributed by atoms with E-state index in [-0.39, 0.29) is 5.41 Å². The van der Waals surface area contributed by atoms with E-state index in [1.807, 2.05) is 11.3 Å². The highest BCUT2D eigenvalue weighted by Crippen LogP contribution is 2.65. The molecule has 0 aliphatic heterocycles. The number of rotatable bonds is 4. The van der Waals surface area contributed by atoms with Crippen molar-refractivity contribution < 1.29 is 0 Å². The number of nitrogens with zero attached hydrogens (tertiary/aromatic N) is 1. The molecule has 7 aromatic carbocycles. The van der Waals surface area contributed by atoms with Crippen LogP contribution in [0.1, 0.15) is 35.1 Å². The third kappa shape index (κ3) is 3.97. The van der Waals surface area contributed by atoms with E-state index in [0.717, 1.165) is 18.5 Å². The number of benzene rings is 7. The fourth-order valence-electron chi connectivity index (χ4n) is 9.34. The average Bonchev–Trinajstić information content (AvgIpc) is 3.84. The van der Waals surface area contributed by atoms with E-state index in [2.05, 4.69) is 181 Å². The molecule has 2 heteroatoms. The predicted octanol–water partition coefficient (Wildman–Crippen LogP) is 13.6. The molecule has 3 aliphatic carbocycles. The smallest absolute Gasteiger partial charge is 0.0722 e. The Labute approximate surface area is 302 Å². The number of thiophene rings is 1. The Balaban J connectivity index is 1.22. The third-order valence-electron chi connectivity index (χ3n) is 11.4. The summed E-state index contributed by atoms with van der Waals surface area (Å²) in [7, 11) is 0. The van der Waals surface area contributed by atoms with E-state index in [9.17, 15) is 0 Å². The van der Waals surface area contributed by atoms with Crippen LogP contribution in [0.25, 0.3) is 48.0 Å². The molecule has 0 bridgehead atoms. The molecule has 1 spiro atoms. The second kappa shape index (κ2) is 11.0. The maximum absolute atomic E-state index is 2.54. The van der Waals surface area contributed by atoms with Crippen molar-refractivity contribution in [2.45, 2.75) is 18.3 Å². The summed E-state index contributed by atoms with van der Waals surface area (Å²) in [5.41, 5.74) is 16.8. The van der Waals surface area contributed by atoms with Gasteiger partial charge in [0.25, 0.3) is 0 Å². The first-order valence-corrected chi connectivity index (χ1v) is 18.7. The van der Waals surface area contributed by atoms with Gasteiger partial charge in [0, 0.05) is 26.7 Å². The zero-order valence-electron chi connectivity index (χ0n) is 28.0. The van der Waals surface area contributed by atoms with Crippen LogP contribution in [0.2, 0.25) is 0 Å². The summed E-state index contributed by atoms with van der Waals surface area (Å²) in [5.74, 6) is 0. The second-order valence-corrected chi connectivity index (χ2v) is 14.9. The Bertz CT molecular complexity index is 2750. The Kier molecular flexibility index (Phi) is 6.23. The van der Waals surface area contributed by atoms with Gasteiger partial charge in [0.15, 0.2) is 0 Å². The van der Waals surface area contributed by atoms with Crippen LogP contribution in [0, 0.1) is 0 Å². The first kappa shape index (κ1) is 28.8. The van der Waals surface area contributed by atoms with E-state index < -0.39 is 0 Å². The Morgan fingerprint density at radius 3 is 2.02 bits per heavy atom. The standard InChI is InChI=1S/C49H33NS/c1-2-14-32(15-3-1)33-28-30-34(31-29-33)50(45-26-12-20-38-37-18-7-11-27-46(37)51-48(38)45)44-25-13-24-43-47(44)39-19-6-10-23-42(39)49(43)40-21-8-4-16-35(40)36-17-5-9-22-41(36)49/h1-4,6-16,18-31H,5,17H2. The number of allylic oxidation sites excluding steroid dienone is 4. The van der Waals surface area contributed by atoms with Crippen molar-refractivity contribution in [2.75, 3.05) is 4.90 Å². The van der Waals surface area contributed by atoms with Crippen molar-refractivity contribution in [3.63, 3.8) is 0 Å². The quantitative estimate of drug-likeness (QED) is 0.181. The van der Waals surface area contributed by atoms with Crippen LogP contribution < -0.4 is 4.90 Å². The highest BCUT2D eigenvalue weighted by atomic mass is 32.1. The van der Waals surface area contributed by atoms with E-state index in [1.165, 1.54) is 87.2 Å². The molecule has 0 fully saturated rings. The van der Waals surface area contributed by atoms with Gasteiger partial charge in [-0.25, -0.2) is 0 Å². The zero-order valence-corrected chi connectivity index (χ0v) is 28.8. The highest BCUT2D eigenvalue weighted by Gasteiger charge is 2.53. The van der Waals surface area contributed by atoms with Crippen molar-refractivity contribution in [3.8, 4) is 22.3 Å². The largest absolute Gasteiger partial charge is 0.308 e. The molecule has 1 nitrogen and oxygen atoms in total. The first-order chi connectivity index (χ1) is 25.3. The second-order valence-electron chi connectivity index (χ2n) is 13.9. The lowest BCUT2D eigenvalue weighted by molar-refractivity contribution is 0.780. The van der Waals surface area contributed by atoms with Gasteiger partial charge in [-0.05, 0) is 93.3 Å². The van der Waals surface area contributed by atoms with Gasteiger partial charge in [0.1, 0.15) is 0 Å². The molecule has 8 aromatic rings. The summed E-state index contributed by atoms with van der Waals surface area (Å²) in [6.45, 7) is 0. The molecule has 1 atom stereocenters. The minimum atomic E-state index is -0.350. The normalized spacial score (nSPS) is 16.8. The van der Waals surface area contributed by atoms with Crippen LogP contribution in [0.4, 0.5) is 17.1 Å². The van der Waals surface area contributed by atoms with Gasteiger partial charge in [-0.3, -0.25) is 0 Å². The van der Waals surface area contributed by atoms with Gasteiger partial charge in [0.2, 0.25) is 0 Å². The van der Waals surface area contributed by atoms with Crippen LogP contribution in [0.15, 0.2) is 182 Å². The SMILES string of the molecule is C1=CC2=C(CC1)c1ccccc1C21c2ccccc2-c2c(N(c3ccc(-c4ccccc4)cc3)c3cccc4c3sc3ccccc34)cccc21. The summed E-state index contributed by atoms with van der Waals surface area (Å²) in [4.78, 5) is 2.54. The van der Waals surface area contributed by atoms with Gasteiger partial charge in [-0.15, -0.1) is 11.3 Å². The molecule has 1 aromatic heterocycles. The zero-order chi connectivity index (χ0) is 33.5. The molecule has 3 aliphatic rings. The Morgan fingerprint density at radius 2 is 1.16 bits per heavy atom. The van der Waals surface area contributed by atoms with Crippen LogP contribution in [0.5, 0.6) is 0 Å². The molecule has 0 saturated carbocycles. The average molecular weight is 668 g/mol. The third-order valence-corrected chi connectivity index (χ3v) is 12.6. The molecule has 51 heavy (non-hydrogen) atoms. The summed E-state index contributed by atoms with van der Waals surface area (Å²) in [6, 6.07) is 60.9. The molecule has 11 rings (SSSR count). The summed E-state index contributed by atoms with van der Waals surface area (Å²) in [5, 5.41) is 2.61. The lowest BCUT2D eigenvalue weighted by Gasteiger charge is -2.33. The number of fused-ring (bicyclic) bond motifs is 12. The van der Waals surface area contributed by atoms with Crippen molar-refractivity contribution in [3.05, 3.63) is 204 Å². The lowest BCUT2D eigenvalue weighted by atomic mass is 9.69. The molecule has 0 amide bonds. The van der Waals surface area contributed by atoms with Crippen LogP contribution in [-0.4, -0.2) is 0 Å². The van der Waals surface area contributed by atoms with Gasteiger partial charge in [0.05, 0.1) is 21.5 Å². The minimum Gasteiger partial charge on any atom is -0.308 e. The Hall–Kier alpha value is -5.96. The summed E-state index contributed by atoms with van der Waals surface area (Å²) < 4.78 is 2.61. The maximum atomic E-state index is 2.54. The van der Waals surface area contributed by atoms with Crippen LogP contribution in [-0.2, 0) is 5.41 Å². The van der Waals surface area contributed by atoms with E-state index >= 15 is 0 Å². The molecule has 1 heterocycles. The number of hydrogen-bond acceptors (Lipinski definition) is 2. The lowest BCUT2D eigenvalue weighted by Crippen LogP contribution is -2.27. The van der Waals surface area contributed by atoms with Crippen molar-refractivity contribution in [1.29, 1.82) is 0 Å². The van der Waals surface area contributed by atoms with Gasteiger partial charge in [-0.2, -0.15) is 0 Å². The minimum absolute atomic E-state index is 0.350. The van der Waals surface area contributed by atoms with E-state index in [0.29, 0.717) is 0 Å². The van der Waals surface area contributed by atoms with E-state index in [1.54, 1.807) is 0 Å². The topological polar surface area (TPSA) is 3.24 Å². The predicted molar refractivity (Wildman–Crippen MR) is 217 cm³/mol. The van der Waals surface area contributed by atoms with Gasteiger partial charge >= 0.3 is 0 Å². The first-order valence-electron chi connectivity index (χ1n) is 17.9. The molecular weight excluding hydrogens is 635 g/mol. The van der Waals surface area contributed by atoms with E-state index in [4.69, 9.17) is 0 Å². The van der Waals surface area contributed by atoms with Crippen molar-refractivity contribution >= 4 is 54.1 Å². The molecule has 0 N–H and O–H groups in total. The monoisotopic (exact) mass is 667 g/mol. The Morgan fingerprint density at radius 1 is 0.510 bits per heavy atom. The van der Waals surface area contributed by atoms with Gasteiger partial charge in [-0.1, -0.05) is 146 Å². The summed E-state index contributed by atoms with van der Waals surface area (Å²) in [6.07, 6.45) is 6.99. The number of anilines is 3. The molecule has 240 valence electrons. The molecule has 0 radical (unpaired) electrons. The van der Waals surface area contributed by atoms with Gasteiger partial charge < -0.3 is 4.90 Å². The highest BCUT2D eigenvalue weighted by molar-refractivity contribution is 7.26. The van der Waals surface area contributed by atoms with Crippen molar-refractivity contribution in [1.82, 2.24) is 0 Å². The van der Waals surface area contributed by atoms with Crippen molar-refractivity contribution in [2.24, 2.45) is 0 Å². The maximum Gasteiger partial charge on any atom is 0.0722 e.